The average molecular weight is 491 g/mol. The standard InChI is InChI=1S/C31H54O4/c1-21(2)12-9-13-22(3)14-10-15-23(4)16-11-17-24(5)18-19-28-27(8)31(35,20-29(32)33)26(7)25(6)30(28)34/h18,21-23,27,34-35H,9-17,19-20H2,1-8H3,(H,32,33)/b24-18+/t22-,23-,27-,31+/m1/s1. The summed E-state index contributed by atoms with van der Waals surface area (Å²) in [6, 6.07) is 0. The first-order valence-corrected chi connectivity index (χ1v) is 14.0. The maximum atomic E-state index is 11.4. The zero-order chi connectivity index (χ0) is 26.8. The van der Waals surface area contributed by atoms with Crippen LogP contribution in [0.3, 0.4) is 0 Å². The molecule has 0 saturated heterocycles. The molecule has 4 heteroatoms. The van der Waals surface area contributed by atoms with Gasteiger partial charge in [-0.15, -0.1) is 0 Å². The monoisotopic (exact) mass is 490 g/mol. The lowest BCUT2D eigenvalue weighted by atomic mass is 9.69. The molecule has 0 fully saturated rings. The van der Waals surface area contributed by atoms with Crippen molar-refractivity contribution in [1.82, 2.24) is 0 Å². The second-order valence-corrected chi connectivity index (χ2v) is 12.0. The van der Waals surface area contributed by atoms with Crippen LogP contribution in [0.1, 0.15) is 126 Å². The molecular weight excluding hydrogens is 436 g/mol. The maximum Gasteiger partial charge on any atom is 0.306 e. The fourth-order valence-electron chi connectivity index (χ4n) is 5.44. The van der Waals surface area contributed by atoms with Crippen LogP contribution in [0.2, 0.25) is 0 Å². The van der Waals surface area contributed by atoms with Crippen molar-refractivity contribution in [2.45, 2.75) is 132 Å². The predicted octanol–water partition coefficient (Wildman–Crippen LogP) is 8.77. The molecule has 4 atom stereocenters. The van der Waals surface area contributed by atoms with E-state index in [2.05, 4.69) is 40.7 Å². The van der Waals surface area contributed by atoms with Gasteiger partial charge in [-0.25, -0.2) is 0 Å². The lowest BCUT2D eigenvalue weighted by molar-refractivity contribution is -0.142. The van der Waals surface area contributed by atoms with Gasteiger partial charge in [-0.3, -0.25) is 4.79 Å². The van der Waals surface area contributed by atoms with E-state index in [-0.39, 0.29) is 12.2 Å². The van der Waals surface area contributed by atoms with E-state index in [1.165, 1.54) is 50.5 Å². The molecule has 35 heavy (non-hydrogen) atoms. The van der Waals surface area contributed by atoms with Gasteiger partial charge < -0.3 is 15.3 Å². The number of carboxylic acid groups (broad SMARTS) is 1. The van der Waals surface area contributed by atoms with E-state index < -0.39 is 17.5 Å². The van der Waals surface area contributed by atoms with Crippen molar-refractivity contribution in [3.05, 3.63) is 34.1 Å². The highest BCUT2D eigenvalue weighted by molar-refractivity contribution is 5.70. The normalized spacial score (nSPS) is 23.3. The first-order valence-electron chi connectivity index (χ1n) is 14.0. The van der Waals surface area contributed by atoms with Crippen LogP contribution in [0, 0.1) is 23.7 Å². The summed E-state index contributed by atoms with van der Waals surface area (Å²) in [5.74, 6) is 1.14. The molecule has 1 rings (SSSR count). The van der Waals surface area contributed by atoms with E-state index in [0.29, 0.717) is 17.6 Å². The van der Waals surface area contributed by atoms with Gasteiger partial charge in [0.05, 0.1) is 6.42 Å². The molecule has 0 amide bonds. The average Bonchev–Trinajstić information content (AvgIpc) is 2.76. The van der Waals surface area contributed by atoms with Gasteiger partial charge in [-0.05, 0) is 74.5 Å². The summed E-state index contributed by atoms with van der Waals surface area (Å²) < 4.78 is 0. The summed E-state index contributed by atoms with van der Waals surface area (Å²) in [4.78, 5) is 11.4. The highest BCUT2D eigenvalue weighted by Crippen LogP contribution is 2.44. The fourth-order valence-corrected chi connectivity index (χ4v) is 5.44. The zero-order valence-corrected chi connectivity index (χ0v) is 23.9. The lowest BCUT2D eigenvalue weighted by Crippen LogP contribution is -2.44. The van der Waals surface area contributed by atoms with Crippen molar-refractivity contribution in [2.75, 3.05) is 0 Å². The quantitative estimate of drug-likeness (QED) is 0.189. The Morgan fingerprint density at radius 1 is 0.971 bits per heavy atom. The number of carboxylic acids is 1. The first kappa shape index (κ1) is 31.5. The number of aliphatic carboxylic acids is 1. The van der Waals surface area contributed by atoms with Gasteiger partial charge in [0.15, 0.2) is 0 Å². The number of carbonyl (C=O) groups is 1. The fraction of sp³-hybridized carbons (Fsp3) is 0.774. The van der Waals surface area contributed by atoms with Crippen LogP contribution in [-0.4, -0.2) is 26.9 Å². The summed E-state index contributed by atoms with van der Waals surface area (Å²) >= 11 is 0. The molecule has 0 aromatic carbocycles. The molecule has 4 nitrogen and oxygen atoms in total. The number of hydrogen-bond acceptors (Lipinski definition) is 3. The minimum absolute atomic E-state index is 0.209. The van der Waals surface area contributed by atoms with Crippen molar-refractivity contribution in [2.24, 2.45) is 23.7 Å². The molecule has 0 saturated carbocycles. The van der Waals surface area contributed by atoms with Crippen molar-refractivity contribution in [3.8, 4) is 0 Å². The van der Waals surface area contributed by atoms with Gasteiger partial charge >= 0.3 is 5.97 Å². The van der Waals surface area contributed by atoms with E-state index >= 15 is 0 Å². The zero-order valence-electron chi connectivity index (χ0n) is 23.9. The molecule has 3 N–H and O–H groups in total. The highest BCUT2D eigenvalue weighted by atomic mass is 16.4. The molecule has 0 spiro atoms. The van der Waals surface area contributed by atoms with Gasteiger partial charge in [-0.1, -0.05) is 91.2 Å². The van der Waals surface area contributed by atoms with Crippen molar-refractivity contribution >= 4 is 5.97 Å². The molecule has 0 aromatic heterocycles. The molecule has 0 unspecified atom stereocenters. The van der Waals surface area contributed by atoms with E-state index in [0.717, 1.165) is 36.2 Å². The van der Waals surface area contributed by atoms with Gasteiger partial charge in [0.2, 0.25) is 0 Å². The molecule has 0 aliphatic heterocycles. The lowest BCUT2D eigenvalue weighted by Gasteiger charge is -2.40. The summed E-state index contributed by atoms with van der Waals surface area (Å²) in [5.41, 5.74) is 1.70. The molecule has 0 aromatic rings. The van der Waals surface area contributed by atoms with Crippen LogP contribution in [0.4, 0.5) is 0 Å². The van der Waals surface area contributed by atoms with Crippen LogP contribution in [0.5, 0.6) is 0 Å². The Morgan fingerprint density at radius 3 is 2.00 bits per heavy atom. The number of aliphatic hydroxyl groups is 2. The Bertz CT molecular complexity index is 773. The summed E-state index contributed by atoms with van der Waals surface area (Å²) in [6.45, 7) is 16.8. The van der Waals surface area contributed by atoms with E-state index in [9.17, 15) is 20.1 Å². The van der Waals surface area contributed by atoms with Crippen LogP contribution in [0.15, 0.2) is 34.1 Å². The Kier molecular flexibility index (Phi) is 13.4. The van der Waals surface area contributed by atoms with Crippen LogP contribution in [0.25, 0.3) is 0 Å². The highest BCUT2D eigenvalue weighted by Gasteiger charge is 2.44. The van der Waals surface area contributed by atoms with Crippen molar-refractivity contribution in [3.63, 3.8) is 0 Å². The SMILES string of the molecule is CC1=C(C)[C@@](O)(CC(=O)O)[C@H](C)C(C/C=C(\C)CCC[C@H](C)CCC[C@H](C)CCCC(C)C)=C1O. The third-order valence-electron chi connectivity index (χ3n) is 8.34. The molecule has 202 valence electrons. The molecule has 1 aliphatic rings. The molecular formula is C31H54O4. The minimum atomic E-state index is -1.46. The molecule has 0 radical (unpaired) electrons. The molecule has 0 bridgehead atoms. The molecule has 0 heterocycles. The first-order chi connectivity index (χ1) is 16.3. The van der Waals surface area contributed by atoms with Crippen LogP contribution in [-0.2, 0) is 4.79 Å². The second-order valence-electron chi connectivity index (χ2n) is 12.0. The Balaban J connectivity index is 2.50. The van der Waals surface area contributed by atoms with Crippen LogP contribution < -0.4 is 0 Å². The minimum Gasteiger partial charge on any atom is -0.508 e. The number of rotatable bonds is 16. The molecule has 1 aliphatic carbocycles. The third kappa shape index (κ3) is 10.1. The Labute approximate surface area is 215 Å². The van der Waals surface area contributed by atoms with Gasteiger partial charge in [0, 0.05) is 5.92 Å². The Morgan fingerprint density at radius 2 is 1.49 bits per heavy atom. The summed E-state index contributed by atoms with van der Waals surface area (Å²) in [6.07, 6.45) is 13.8. The van der Waals surface area contributed by atoms with Crippen molar-refractivity contribution < 1.29 is 20.1 Å². The largest absolute Gasteiger partial charge is 0.508 e. The van der Waals surface area contributed by atoms with Crippen molar-refractivity contribution in [1.29, 1.82) is 0 Å². The summed E-state index contributed by atoms with van der Waals surface area (Å²) in [7, 11) is 0. The number of allylic oxidation sites excluding steroid dienone is 3. The van der Waals surface area contributed by atoms with Gasteiger partial charge in [0.1, 0.15) is 11.4 Å². The Hall–Kier alpha value is -1.55. The summed E-state index contributed by atoms with van der Waals surface area (Å²) in [5, 5.41) is 31.2. The second kappa shape index (κ2) is 14.9. The van der Waals surface area contributed by atoms with Crippen LogP contribution >= 0.6 is 0 Å². The number of aliphatic hydroxyl groups excluding tert-OH is 1. The van der Waals surface area contributed by atoms with E-state index in [4.69, 9.17) is 0 Å². The maximum absolute atomic E-state index is 11.4. The predicted molar refractivity (Wildman–Crippen MR) is 147 cm³/mol. The third-order valence-corrected chi connectivity index (χ3v) is 8.34. The van der Waals surface area contributed by atoms with E-state index in [1.807, 2.05) is 6.92 Å². The number of hydrogen-bond donors (Lipinski definition) is 3. The van der Waals surface area contributed by atoms with E-state index in [1.54, 1.807) is 13.8 Å². The van der Waals surface area contributed by atoms with Gasteiger partial charge in [0.25, 0.3) is 0 Å². The van der Waals surface area contributed by atoms with Gasteiger partial charge in [-0.2, -0.15) is 0 Å². The smallest absolute Gasteiger partial charge is 0.306 e. The topological polar surface area (TPSA) is 77.8 Å².